The van der Waals surface area contributed by atoms with Crippen LogP contribution in [0.25, 0.3) is 0 Å². The van der Waals surface area contributed by atoms with E-state index in [1.54, 1.807) is 30.0 Å². The van der Waals surface area contributed by atoms with Crippen LogP contribution in [0.2, 0.25) is 0 Å². The molecule has 0 aliphatic carbocycles. The molecule has 1 unspecified atom stereocenters. The van der Waals surface area contributed by atoms with Crippen LogP contribution >= 0.6 is 0 Å². The molecule has 22 heavy (non-hydrogen) atoms. The highest BCUT2D eigenvalue weighted by atomic mass is 32.2. The normalized spacial score (nSPS) is 15.7. The number of carbonyl (C=O) groups is 1. The van der Waals surface area contributed by atoms with Gasteiger partial charge in [0.25, 0.3) is 0 Å². The van der Waals surface area contributed by atoms with Crippen molar-refractivity contribution in [1.29, 1.82) is 0 Å². The van der Waals surface area contributed by atoms with E-state index < -0.39 is 10.0 Å². The third kappa shape index (κ3) is 3.31. The zero-order valence-electron chi connectivity index (χ0n) is 13.2. The summed E-state index contributed by atoms with van der Waals surface area (Å²) in [5, 5.41) is 2.99. The highest BCUT2D eigenvalue weighted by Crippen LogP contribution is 2.31. The van der Waals surface area contributed by atoms with Gasteiger partial charge in [0.2, 0.25) is 15.9 Å². The first-order valence-corrected chi connectivity index (χ1v) is 8.97. The van der Waals surface area contributed by atoms with E-state index in [9.17, 15) is 13.2 Å². The summed E-state index contributed by atoms with van der Waals surface area (Å²) in [5.41, 5.74) is 1.73. The van der Waals surface area contributed by atoms with Crippen LogP contribution in [0, 0.1) is 5.92 Å². The quantitative estimate of drug-likeness (QED) is 0.808. The molecule has 0 aromatic heterocycles. The van der Waals surface area contributed by atoms with Crippen LogP contribution < -0.4 is 14.9 Å². The van der Waals surface area contributed by atoms with Crippen molar-refractivity contribution in [2.45, 2.75) is 25.2 Å². The van der Waals surface area contributed by atoms with E-state index in [0.717, 1.165) is 12.0 Å². The molecule has 1 aliphatic heterocycles. The van der Waals surface area contributed by atoms with Gasteiger partial charge in [-0.15, -0.1) is 0 Å². The average molecular weight is 325 g/mol. The van der Waals surface area contributed by atoms with E-state index in [-0.39, 0.29) is 16.7 Å². The second kappa shape index (κ2) is 6.76. The predicted octanol–water partition coefficient (Wildman–Crippen LogP) is 0.729. The third-order valence-corrected chi connectivity index (χ3v) is 5.34. The summed E-state index contributed by atoms with van der Waals surface area (Å²) in [4.78, 5) is 14.4. The molecule has 0 fully saturated rings. The lowest BCUT2D eigenvalue weighted by molar-refractivity contribution is -0.121. The Labute approximate surface area is 131 Å². The maximum Gasteiger partial charge on any atom is 0.240 e. The zero-order valence-corrected chi connectivity index (χ0v) is 14.0. The lowest BCUT2D eigenvalue weighted by Crippen LogP contribution is -2.37. The van der Waals surface area contributed by atoms with Crippen molar-refractivity contribution in [3.05, 3.63) is 23.8 Å². The standard InChI is InChI=1S/C15H23N3O3S/c1-4-17-22(20,21)13-6-5-12-7-8-18(14(12)9-13)15(19)11(2)10-16-3/h5-6,9,11,16-17H,4,7-8,10H2,1-3H3. The Kier molecular flexibility index (Phi) is 5.20. The summed E-state index contributed by atoms with van der Waals surface area (Å²) in [6, 6.07) is 5.00. The Morgan fingerprint density at radius 3 is 2.77 bits per heavy atom. The second-order valence-electron chi connectivity index (χ2n) is 5.49. The number of benzene rings is 1. The van der Waals surface area contributed by atoms with E-state index >= 15 is 0 Å². The number of nitrogens with zero attached hydrogens (tertiary/aromatic N) is 1. The molecule has 1 aromatic rings. The smallest absolute Gasteiger partial charge is 0.240 e. The lowest BCUT2D eigenvalue weighted by Gasteiger charge is -2.22. The molecule has 0 saturated carbocycles. The van der Waals surface area contributed by atoms with Crippen molar-refractivity contribution in [3.63, 3.8) is 0 Å². The van der Waals surface area contributed by atoms with Gasteiger partial charge in [0.05, 0.1) is 4.90 Å². The number of rotatable bonds is 6. The van der Waals surface area contributed by atoms with Gasteiger partial charge in [-0.3, -0.25) is 4.79 Å². The maximum atomic E-state index is 12.5. The molecular formula is C15H23N3O3S. The van der Waals surface area contributed by atoms with Gasteiger partial charge in [-0.05, 0) is 31.2 Å². The number of carbonyl (C=O) groups excluding carboxylic acids is 1. The van der Waals surface area contributed by atoms with Crippen molar-refractivity contribution < 1.29 is 13.2 Å². The number of amides is 1. The minimum atomic E-state index is -3.51. The van der Waals surface area contributed by atoms with Gasteiger partial charge in [-0.2, -0.15) is 0 Å². The molecule has 122 valence electrons. The third-order valence-electron chi connectivity index (χ3n) is 3.79. The fourth-order valence-corrected chi connectivity index (χ4v) is 3.75. The Hall–Kier alpha value is -1.44. The first-order chi connectivity index (χ1) is 10.4. The van der Waals surface area contributed by atoms with Crippen LogP contribution in [0.3, 0.4) is 0 Å². The van der Waals surface area contributed by atoms with Crippen molar-refractivity contribution in [2.75, 3.05) is 31.6 Å². The van der Waals surface area contributed by atoms with E-state index in [0.29, 0.717) is 25.3 Å². The molecule has 0 bridgehead atoms. The summed E-state index contributed by atoms with van der Waals surface area (Å²) in [7, 11) is -1.70. The number of hydrogen-bond donors (Lipinski definition) is 2. The minimum Gasteiger partial charge on any atom is -0.319 e. The van der Waals surface area contributed by atoms with Crippen LogP contribution in [-0.2, 0) is 21.2 Å². The molecule has 7 heteroatoms. The molecule has 0 radical (unpaired) electrons. The molecule has 0 saturated heterocycles. The number of hydrogen-bond acceptors (Lipinski definition) is 4. The number of sulfonamides is 1. The van der Waals surface area contributed by atoms with E-state index in [1.165, 1.54) is 0 Å². The van der Waals surface area contributed by atoms with Crippen LogP contribution in [0.4, 0.5) is 5.69 Å². The number of fused-ring (bicyclic) bond motifs is 1. The van der Waals surface area contributed by atoms with Gasteiger partial charge in [0.1, 0.15) is 0 Å². The SMILES string of the molecule is CCNS(=O)(=O)c1ccc2c(c1)N(C(=O)C(C)CNC)CC2. The molecule has 2 N–H and O–H groups in total. The van der Waals surface area contributed by atoms with Crippen molar-refractivity contribution in [2.24, 2.45) is 5.92 Å². The topological polar surface area (TPSA) is 78.5 Å². The largest absolute Gasteiger partial charge is 0.319 e. The highest BCUT2D eigenvalue weighted by Gasteiger charge is 2.29. The monoisotopic (exact) mass is 325 g/mol. The van der Waals surface area contributed by atoms with Gasteiger partial charge in [0, 0.05) is 31.2 Å². The van der Waals surface area contributed by atoms with Crippen LogP contribution in [0.15, 0.2) is 23.1 Å². The van der Waals surface area contributed by atoms with E-state index in [2.05, 4.69) is 10.0 Å². The van der Waals surface area contributed by atoms with Crippen LogP contribution in [-0.4, -0.2) is 41.0 Å². The number of anilines is 1. The van der Waals surface area contributed by atoms with E-state index in [1.807, 2.05) is 14.0 Å². The fourth-order valence-electron chi connectivity index (χ4n) is 2.69. The van der Waals surface area contributed by atoms with Crippen LogP contribution in [0.1, 0.15) is 19.4 Å². The lowest BCUT2D eigenvalue weighted by atomic mass is 10.1. The molecule has 2 rings (SSSR count). The van der Waals surface area contributed by atoms with Gasteiger partial charge < -0.3 is 10.2 Å². The fraction of sp³-hybridized carbons (Fsp3) is 0.533. The van der Waals surface area contributed by atoms with Gasteiger partial charge in [0.15, 0.2) is 0 Å². The van der Waals surface area contributed by atoms with Gasteiger partial charge in [-0.25, -0.2) is 13.1 Å². The average Bonchev–Trinajstić information content (AvgIpc) is 2.89. The first-order valence-electron chi connectivity index (χ1n) is 7.49. The predicted molar refractivity (Wildman–Crippen MR) is 86.5 cm³/mol. The molecule has 0 spiro atoms. The van der Waals surface area contributed by atoms with Gasteiger partial charge in [-0.1, -0.05) is 19.9 Å². The summed E-state index contributed by atoms with van der Waals surface area (Å²) in [5.74, 6) is -0.129. The summed E-state index contributed by atoms with van der Waals surface area (Å²) < 4.78 is 26.7. The Bertz CT molecular complexity index is 658. The van der Waals surface area contributed by atoms with Crippen molar-refractivity contribution >= 4 is 21.6 Å². The van der Waals surface area contributed by atoms with Crippen molar-refractivity contribution in [1.82, 2.24) is 10.0 Å². The molecule has 1 atom stereocenters. The zero-order chi connectivity index (χ0) is 16.3. The number of nitrogens with one attached hydrogen (secondary N) is 2. The molecule has 6 nitrogen and oxygen atoms in total. The van der Waals surface area contributed by atoms with Crippen molar-refractivity contribution in [3.8, 4) is 0 Å². The van der Waals surface area contributed by atoms with E-state index in [4.69, 9.17) is 0 Å². The Morgan fingerprint density at radius 2 is 2.14 bits per heavy atom. The Morgan fingerprint density at radius 1 is 1.41 bits per heavy atom. The van der Waals surface area contributed by atoms with Gasteiger partial charge >= 0.3 is 0 Å². The molecule has 1 heterocycles. The second-order valence-corrected chi connectivity index (χ2v) is 7.26. The summed E-state index contributed by atoms with van der Waals surface area (Å²) in [6.07, 6.45) is 0.759. The molecule has 1 aromatic carbocycles. The molecule has 1 amide bonds. The Balaban J connectivity index is 2.32. The summed E-state index contributed by atoms with van der Waals surface area (Å²) >= 11 is 0. The molecule has 1 aliphatic rings. The highest BCUT2D eigenvalue weighted by molar-refractivity contribution is 7.89. The summed E-state index contributed by atoms with van der Waals surface area (Å²) in [6.45, 7) is 5.14. The van der Waals surface area contributed by atoms with Crippen LogP contribution in [0.5, 0.6) is 0 Å². The first kappa shape index (κ1) is 16.9. The molecular weight excluding hydrogens is 302 g/mol. The maximum absolute atomic E-state index is 12.5. The minimum absolute atomic E-state index is 0.0195.